The highest BCUT2D eigenvalue weighted by Crippen LogP contribution is 2.40. The van der Waals surface area contributed by atoms with Crippen LogP contribution in [-0.2, 0) is 0 Å². The molecule has 5 heteroatoms. The monoisotopic (exact) mass is 358 g/mol. The minimum absolute atomic E-state index is 0.232. The highest BCUT2D eigenvalue weighted by molar-refractivity contribution is 6.29. The van der Waals surface area contributed by atoms with Crippen LogP contribution in [0.1, 0.15) is 38.1 Å². The molecule has 0 atom stereocenters. The topological polar surface area (TPSA) is 46.5 Å². The molecule has 1 fully saturated rings. The highest BCUT2D eigenvalue weighted by atomic mass is 19.1. The van der Waals surface area contributed by atoms with E-state index in [2.05, 4.69) is 20.6 Å². The Morgan fingerprint density at radius 3 is 2.74 bits per heavy atom. The first-order valence-corrected chi connectivity index (χ1v) is 9.65. The van der Waals surface area contributed by atoms with Crippen molar-refractivity contribution in [3.05, 3.63) is 48.8 Å². The summed E-state index contributed by atoms with van der Waals surface area (Å²) in [4.78, 5) is 12.6. The lowest BCUT2D eigenvalue weighted by Crippen LogP contribution is -2.11. The van der Waals surface area contributed by atoms with Crippen molar-refractivity contribution in [2.45, 2.75) is 38.1 Å². The average Bonchev–Trinajstić information content (AvgIpc) is 3.35. The van der Waals surface area contributed by atoms with Gasteiger partial charge in [0.1, 0.15) is 11.5 Å². The molecule has 0 radical (unpaired) electrons. The molecule has 0 bridgehead atoms. The fraction of sp³-hybridized carbons (Fsp3) is 0.273. The van der Waals surface area contributed by atoms with E-state index in [1.807, 2.05) is 24.8 Å². The number of halogens is 1. The van der Waals surface area contributed by atoms with Gasteiger partial charge in [-0.1, -0.05) is 19.3 Å². The van der Waals surface area contributed by atoms with E-state index in [0.717, 1.165) is 43.6 Å². The number of aromatic amines is 1. The molecule has 0 saturated heterocycles. The van der Waals surface area contributed by atoms with Gasteiger partial charge in [-0.05, 0) is 42.5 Å². The van der Waals surface area contributed by atoms with E-state index in [1.165, 1.54) is 38.2 Å². The molecule has 134 valence electrons. The zero-order chi connectivity index (χ0) is 18.0. The second-order valence-corrected chi connectivity index (χ2v) is 7.62. The van der Waals surface area contributed by atoms with Gasteiger partial charge in [-0.25, -0.2) is 14.4 Å². The second kappa shape index (κ2) is 5.52. The van der Waals surface area contributed by atoms with Gasteiger partial charge in [-0.2, -0.15) is 0 Å². The Balaban J connectivity index is 1.85. The van der Waals surface area contributed by atoms with E-state index >= 15 is 0 Å². The van der Waals surface area contributed by atoms with Crippen LogP contribution >= 0.6 is 0 Å². The van der Waals surface area contributed by atoms with Crippen LogP contribution in [0.5, 0.6) is 0 Å². The predicted molar refractivity (Wildman–Crippen MR) is 106 cm³/mol. The van der Waals surface area contributed by atoms with Crippen molar-refractivity contribution >= 4 is 43.6 Å². The lowest BCUT2D eigenvalue weighted by atomic mass is 9.94. The molecule has 3 heterocycles. The standard InChI is InChI=1S/C22H19FN4/c23-13-6-7-15-17(10-13)18-11-25-22-16(8-9-24-22)19(18)21-20(15)26-12-27(21)14-4-2-1-3-5-14/h6-12,14H,1-5H2,(H,24,25). The van der Waals surface area contributed by atoms with Crippen LogP contribution in [0, 0.1) is 5.82 Å². The molecule has 1 saturated carbocycles. The summed E-state index contributed by atoms with van der Waals surface area (Å²) < 4.78 is 16.4. The van der Waals surface area contributed by atoms with Gasteiger partial charge >= 0.3 is 0 Å². The molecule has 4 nitrogen and oxygen atoms in total. The van der Waals surface area contributed by atoms with E-state index in [9.17, 15) is 4.39 Å². The summed E-state index contributed by atoms with van der Waals surface area (Å²) in [6.07, 6.45) is 12.0. The SMILES string of the molecule is Fc1ccc2c(c1)c1cnc3[nH]ccc3c1c1c2ncn1C1CCCCC1. The maximum Gasteiger partial charge on any atom is 0.137 e. The van der Waals surface area contributed by atoms with Crippen molar-refractivity contribution in [1.29, 1.82) is 0 Å². The van der Waals surface area contributed by atoms with Crippen LogP contribution in [0.25, 0.3) is 43.6 Å². The summed E-state index contributed by atoms with van der Waals surface area (Å²) in [5.74, 6) is -0.232. The number of benzene rings is 2. The third kappa shape index (κ3) is 2.08. The van der Waals surface area contributed by atoms with Crippen LogP contribution in [0.4, 0.5) is 4.39 Å². The number of fused-ring (bicyclic) bond motifs is 8. The molecule has 3 aromatic heterocycles. The van der Waals surface area contributed by atoms with Gasteiger partial charge in [0.05, 0.1) is 17.4 Å². The maximum absolute atomic E-state index is 14.1. The Bertz CT molecular complexity index is 1320. The summed E-state index contributed by atoms with van der Waals surface area (Å²) in [5.41, 5.74) is 2.97. The van der Waals surface area contributed by atoms with Crippen LogP contribution < -0.4 is 0 Å². The summed E-state index contributed by atoms with van der Waals surface area (Å²) in [6, 6.07) is 7.53. The molecule has 1 aliphatic rings. The molecule has 6 rings (SSSR count). The summed E-state index contributed by atoms with van der Waals surface area (Å²) >= 11 is 0. The van der Waals surface area contributed by atoms with E-state index in [1.54, 1.807) is 6.07 Å². The Morgan fingerprint density at radius 2 is 1.85 bits per heavy atom. The van der Waals surface area contributed by atoms with Crippen molar-refractivity contribution in [3.8, 4) is 0 Å². The fourth-order valence-corrected chi connectivity index (χ4v) is 4.85. The predicted octanol–water partition coefficient (Wildman–Crippen LogP) is 5.86. The summed E-state index contributed by atoms with van der Waals surface area (Å²) in [6.45, 7) is 0. The lowest BCUT2D eigenvalue weighted by molar-refractivity contribution is 0.360. The quantitative estimate of drug-likeness (QED) is 0.381. The first-order chi connectivity index (χ1) is 13.3. The maximum atomic E-state index is 14.1. The molecule has 0 spiro atoms. The van der Waals surface area contributed by atoms with Gasteiger partial charge in [0, 0.05) is 40.0 Å². The molecule has 0 aliphatic heterocycles. The number of nitrogens with zero attached hydrogens (tertiary/aromatic N) is 3. The molecule has 2 aromatic carbocycles. The van der Waals surface area contributed by atoms with Gasteiger partial charge in [0.2, 0.25) is 0 Å². The normalized spacial score (nSPS) is 16.2. The van der Waals surface area contributed by atoms with Crippen LogP contribution in [0.2, 0.25) is 0 Å². The van der Waals surface area contributed by atoms with Gasteiger partial charge in [-0.3, -0.25) is 0 Å². The molecule has 5 aromatic rings. The van der Waals surface area contributed by atoms with Crippen molar-refractivity contribution < 1.29 is 4.39 Å². The van der Waals surface area contributed by atoms with Crippen LogP contribution in [-0.4, -0.2) is 19.5 Å². The van der Waals surface area contributed by atoms with E-state index in [4.69, 9.17) is 4.98 Å². The minimum atomic E-state index is -0.232. The largest absolute Gasteiger partial charge is 0.346 e. The van der Waals surface area contributed by atoms with Gasteiger partial charge in [0.15, 0.2) is 0 Å². The number of hydrogen-bond donors (Lipinski definition) is 1. The van der Waals surface area contributed by atoms with Gasteiger partial charge < -0.3 is 9.55 Å². The Morgan fingerprint density at radius 1 is 0.963 bits per heavy atom. The zero-order valence-electron chi connectivity index (χ0n) is 14.9. The van der Waals surface area contributed by atoms with Crippen molar-refractivity contribution in [1.82, 2.24) is 19.5 Å². The fourth-order valence-electron chi connectivity index (χ4n) is 4.85. The van der Waals surface area contributed by atoms with Crippen molar-refractivity contribution in [2.75, 3.05) is 0 Å². The number of H-pyrrole nitrogens is 1. The second-order valence-electron chi connectivity index (χ2n) is 7.62. The number of imidazole rings is 1. The third-order valence-corrected chi connectivity index (χ3v) is 6.11. The number of hydrogen-bond acceptors (Lipinski definition) is 2. The number of pyridine rings is 1. The molecule has 0 amide bonds. The Labute approximate surface area is 155 Å². The molecular formula is C22H19FN4. The summed E-state index contributed by atoms with van der Waals surface area (Å²) in [7, 11) is 0. The van der Waals surface area contributed by atoms with Gasteiger partial charge in [-0.15, -0.1) is 0 Å². The Kier molecular flexibility index (Phi) is 3.10. The number of nitrogens with one attached hydrogen (secondary N) is 1. The molecular weight excluding hydrogens is 339 g/mol. The smallest absolute Gasteiger partial charge is 0.137 e. The first kappa shape index (κ1) is 15.1. The minimum Gasteiger partial charge on any atom is -0.346 e. The van der Waals surface area contributed by atoms with Crippen LogP contribution in [0.3, 0.4) is 0 Å². The van der Waals surface area contributed by atoms with E-state index < -0.39 is 0 Å². The van der Waals surface area contributed by atoms with E-state index in [0.29, 0.717) is 6.04 Å². The van der Waals surface area contributed by atoms with Gasteiger partial charge in [0.25, 0.3) is 0 Å². The first-order valence-electron chi connectivity index (χ1n) is 9.65. The molecule has 0 unspecified atom stereocenters. The molecule has 1 N–H and O–H groups in total. The van der Waals surface area contributed by atoms with Crippen molar-refractivity contribution in [2.24, 2.45) is 0 Å². The lowest BCUT2D eigenvalue weighted by Gasteiger charge is -2.24. The number of rotatable bonds is 1. The van der Waals surface area contributed by atoms with Crippen molar-refractivity contribution in [3.63, 3.8) is 0 Å². The zero-order valence-corrected chi connectivity index (χ0v) is 14.9. The van der Waals surface area contributed by atoms with Crippen LogP contribution in [0.15, 0.2) is 43.0 Å². The van der Waals surface area contributed by atoms with E-state index in [-0.39, 0.29) is 5.82 Å². The third-order valence-electron chi connectivity index (χ3n) is 6.11. The number of aromatic nitrogens is 4. The molecule has 27 heavy (non-hydrogen) atoms. The average molecular weight is 358 g/mol. The summed E-state index contributed by atoms with van der Waals surface area (Å²) in [5, 5.41) is 5.05. The highest BCUT2D eigenvalue weighted by Gasteiger charge is 2.22. The Hall–Kier alpha value is -2.95. The molecule has 1 aliphatic carbocycles.